The lowest BCUT2D eigenvalue weighted by Gasteiger charge is -2.35. The monoisotopic (exact) mass is 435 g/mol. The summed E-state index contributed by atoms with van der Waals surface area (Å²) in [5.41, 5.74) is -0.294. The van der Waals surface area contributed by atoms with Gasteiger partial charge in [0.1, 0.15) is 5.69 Å². The predicted octanol–water partition coefficient (Wildman–Crippen LogP) is 1.93. The zero-order valence-corrected chi connectivity index (χ0v) is 17.0. The fraction of sp³-hybridized carbons (Fsp3) is 0.474. The van der Waals surface area contributed by atoms with Crippen molar-refractivity contribution in [3.05, 3.63) is 45.2 Å². The van der Waals surface area contributed by atoms with Gasteiger partial charge in [-0.1, -0.05) is 11.6 Å². The van der Waals surface area contributed by atoms with Crippen LogP contribution in [0.2, 0.25) is 5.02 Å². The largest absolute Gasteiger partial charge is 0.504 e. The molecule has 11 heteroatoms. The molecular formula is C19H22ClN5O5. The summed E-state index contributed by atoms with van der Waals surface area (Å²) in [6, 6.07) is 4.02. The molecule has 2 aliphatic rings. The van der Waals surface area contributed by atoms with Crippen LogP contribution in [0.3, 0.4) is 0 Å². The summed E-state index contributed by atoms with van der Waals surface area (Å²) in [4.78, 5) is 27.6. The lowest BCUT2D eigenvalue weighted by Crippen LogP contribution is -2.50. The van der Waals surface area contributed by atoms with Crippen LogP contribution in [0.1, 0.15) is 16.9 Å². The fourth-order valence-corrected chi connectivity index (χ4v) is 4.02. The molecule has 0 bridgehead atoms. The van der Waals surface area contributed by atoms with Gasteiger partial charge in [-0.05, 0) is 24.5 Å². The van der Waals surface area contributed by atoms with Gasteiger partial charge in [0.05, 0.1) is 17.7 Å². The lowest BCUT2D eigenvalue weighted by molar-refractivity contribution is -0.384. The number of halogens is 1. The second-order valence-corrected chi connectivity index (χ2v) is 7.96. The molecule has 2 fully saturated rings. The van der Waals surface area contributed by atoms with Gasteiger partial charge < -0.3 is 14.7 Å². The van der Waals surface area contributed by atoms with Crippen LogP contribution in [-0.4, -0.2) is 81.5 Å². The van der Waals surface area contributed by atoms with E-state index in [4.69, 9.17) is 16.3 Å². The predicted molar refractivity (Wildman–Crippen MR) is 108 cm³/mol. The molecule has 1 amide bonds. The maximum Gasteiger partial charge on any atom is 0.294 e. The molecule has 2 saturated heterocycles. The standard InChI is InChI=1S/C19H22ClN5O5/c20-14-1-2-15(25(28)29)16(9-14)24-11-17(26)18(21-24)19(27)23-6-4-22(5-7-23)10-13-3-8-30-12-13/h1-2,9,11,13,26H,3-8,10,12H2/t13-/m1/s1. The molecule has 0 saturated carbocycles. The fourth-order valence-electron chi connectivity index (χ4n) is 3.85. The Hall–Kier alpha value is -2.69. The summed E-state index contributed by atoms with van der Waals surface area (Å²) in [5, 5.41) is 26.0. The number of carbonyl (C=O) groups is 1. The highest BCUT2D eigenvalue weighted by atomic mass is 35.5. The Bertz CT molecular complexity index is 951. The molecule has 1 N–H and O–H groups in total. The highest BCUT2D eigenvalue weighted by Crippen LogP contribution is 2.28. The zero-order valence-electron chi connectivity index (χ0n) is 16.2. The normalized spacial score (nSPS) is 19.9. The summed E-state index contributed by atoms with van der Waals surface area (Å²) in [7, 11) is 0. The molecule has 0 unspecified atom stereocenters. The molecule has 1 aromatic carbocycles. The second kappa shape index (κ2) is 8.58. The molecule has 3 heterocycles. The quantitative estimate of drug-likeness (QED) is 0.563. The number of nitrogens with zero attached hydrogens (tertiary/aromatic N) is 5. The number of nitro groups is 1. The number of aromatic nitrogens is 2. The van der Waals surface area contributed by atoms with Gasteiger partial charge in [-0.3, -0.25) is 19.8 Å². The third-order valence-electron chi connectivity index (χ3n) is 5.48. The first kappa shape index (κ1) is 20.6. The van der Waals surface area contributed by atoms with Crippen LogP contribution in [0.25, 0.3) is 5.69 Å². The van der Waals surface area contributed by atoms with Crippen LogP contribution in [0, 0.1) is 16.0 Å². The third-order valence-corrected chi connectivity index (χ3v) is 5.71. The van der Waals surface area contributed by atoms with Crippen molar-refractivity contribution in [2.45, 2.75) is 6.42 Å². The van der Waals surface area contributed by atoms with Crippen molar-refractivity contribution in [1.82, 2.24) is 19.6 Å². The van der Waals surface area contributed by atoms with Gasteiger partial charge in [0.25, 0.3) is 11.6 Å². The zero-order chi connectivity index (χ0) is 21.3. The molecule has 4 rings (SSSR count). The van der Waals surface area contributed by atoms with Gasteiger partial charge in [0.2, 0.25) is 0 Å². The number of ether oxygens (including phenoxy) is 1. The minimum absolute atomic E-state index is 0.0745. The molecule has 10 nitrogen and oxygen atoms in total. The Balaban J connectivity index is 1.47. The summed E-state index contributed by atoms with van der Waals surface area (Å²) >= 11 is 5.96. The van der Waals surface area contributed by atoms with Crippen LogP contribution in [0.4, 0.5) is 5.69 Å². The van der Waals surface area contributed by atoms with E-state index in [-0.39, 0.29) is 27.8 Å². The summed E-state index contributed by atoms with van der Waals surface area (Å²) in [6.45, 7) is 5.09. The van der Waals surface area contributed by atoms with Crippen molar-refractivity contribution in [2.75, 3.05) is 45.9 Å². The van der Waals surface area contributed by atoms with Crippen molar-refractivity contribution in [1.29, 1.82) is 0 Å². The highest BCUT2D eigenvalue weighted by molar-refractivity contribution is 6.30. The van der Waals surface area contributed by atoms with Crippen molar-refractivity contribution in [2.24, 2.45) is 5.92 Å². The van der Waals surface area contributed by atoms with E-state index in [1.54, 1.807) is 4.90 Å². The Labute approximate surface area is 177 Å². The van der Waals surface area contributed by atoms with Gasteiger partial charge >= 0.3 is 0 Å². The van der Waals surface area contributed by atoms with Crippen molar-refractivity contribution in [3.8, 4) is 11.4 Å². The Kier molecular flexibility index (Phi) is 5.89. The first-order chi connectivity index (χ1) is 14.4. The number of amides is 1. The highest BCUT2D eigenvalue weighted by Gasteiger charge is 2.29. The van der Waals surface area contributed by atoms with Gasteiger partial charge in [-0.15, -0.1) is 0 Å². The van der Waals surface area contributed by atoms with E-state index < -0.39 is 10.8 Å². The smallest absolute Gasteiger partial charge is 0.294 e. The number of benzene rings is 1. The Morgan fingerprint density at radius 3 is 2.77 bits per heavy atom. The molecular weight excluding hydrogens is 414 g/mol. The summed E-state index contributed by atoms with van der Waals surface area (Å²) in [6.07, 6.45) is 2.25. The van der Waals surface area contributed by atoms with Crippen LogP contribution < -0.4 is 0 Å². The molecule has 1 atom stereocenters. The average molecular weight is 436 g/mol. The molecule has 2 aliphatic heterocycles. The van der Waals surface area contributed by atoms with E-state index in [1.165, 1.54) is 24.4 Å². The van der Waals surface area contributed by atoms with Crippen LogP contribution >= 0.6 is 11.6 Å². The van der Waals surface area contributed by atoms with Crippen molar-refractivity contribution < 1.29 is 19.6 Å². The number of nitro benzene ring substituents is 1. The van der Waals surface area contributed by atoms with E-state index in [1.807, 2.05) is 0 Å². The number of carbonyl (C=O) groups excluding carboxylic acids is 1. The van der Waals surface area contributed by atoms with E-state index in [0.29, 0.717) is 19.0 Å². The van der Waals surface area contributed by atoms with E-state index in [0.717, 1.165) is 44.0 Å². The van der Waals surface area contributed by atoms with Crippen LogP contribution in [-0.2, 0) is 4.74 Å². The summed E-state index contributed by atoms with van der Waals surface area (Å²) < 4.78 is 6.53. The van der Waals surface area contributed by atoms with Crippen LogP contribution in [0.15, 0.2) is 24.4 Å². The minimum Gasteiger partial charge on any atom is -0.504 e. The third kappa shape index (κ3) is 4.25. The Morgan fingerprint density at radius 2 is 2.10 bits per heavy atom. The molecule has 0 aliphatic carbocycles. The van der Waals surface area contributed by atoms with Gasteiger partial charge in [-0.2, -0.15) is 5.10 Å². The SMILES string of the molecule is O=C(c1nn(-c2cc(Cl)ccc2[N+](=O)[O-])cc1O)N1CCN(C[C@H]2CCOC2)CC1. The first-order valence-corrected chi connectivity index (χ1v) is 10.1. The number of piperazine rings is 1. The van der Waals surface area contributed by atoms with E-state index >= 15 is 0 Å². The van der Waals surface area contributed by atoms with Crippen molar-refractivity contribution in [3.63, 3.8) is 0 Å². The number of hydrogen-bond acceptors (Lipinski definition) is 7. The van der Waals surface area contributed by atoms with Crippen LogP contribution in [0.5, 0.6) is 5.75 Å². The maximum absolute atomic E-state index is 12.9. The van der Waals surface area contributed by atoms with Gasteiger partial charge in [0.15, 0.2) is 11.4 Å². The molecule has 30 heavy (non-hydrogen) atoms. The molecule has 1 aromatic heterocycles. The molecule has 0 radical (unpaired) electrons. The maximum atomic E-state index is 12.9. The van der Waals surface area contributed by atoms with Gasteiger partial charge in [-0.25, -0.2) is 4.68 Å². The average Bonchev–Trinajstić information content (AvgIpc) is 3.37. The van der Waals surface area contributed by atoms with Gasteiger partial charge in [0, 0.05) is 50.4 Å². The molecule has 0 spiro atoms. The topological polar surface area (TPSA) is 114 Å². The van der Waals surface area contributed by atoms with E-state index in [9.17, 15) is 20.0 Å². The molecule has 160 valence electrons. The van der Waals surface area contributed by atoms with Crippen molar-refractivity contribution >= 4 is 23.2 Å². The summed E-state index contributed by atoms with van der Waals surface area (Å²) in [5.74, 6) is -0.194. The molecule has 2 aromatic rings. The number of aromatic hydroxyl groups is 1. The second-order valence-electron chi connectivity index (χ2n) is 7.52. The lowest BCUT2D eigenvalue weighted by atomic mass is 10.1. The minimum atomic E-state index is -0.569. The first-order valence-electron chi connectivity index (χ1n) is 9.74. The number of rotatable bonds is 5. The Morgan fingerprint density at radius 1 is 1.33 bits per heavy atom. The number of hydrogen-bond donors (Lipinski definition) is 1. The van der Waals surface area contributed by atoms with E-state index in [2.05, 4.69) is 10.00 Å².